The number of amides is 2. The Labute approximate surface area is 168 Å². The molecule has 4 rings (SSSR count). The van der Waals surface area contributed by atoms with Crippen molar-refractivity contribution >= 4 is 23.6 Å². The highest BCUT2D eigenvalue weighted by Crippen LogP contribution is 2.26. The molecule has 2 heterocycles. The average molecular weight is 407 g/mol. The van der Waals surface area contributed by atoms with Crippen LogP contribution in [0.15, 0.2) is 53.3 Å². The van der Waals surface area contributed by atoms with Crippen molar-refractivity contribution in [2.45, 2.75) is 0 Å². The second kappa shape index (κ2) is 6.96. The maximum Gasteiger partial charge on any atom is 0.340 e. The molecule has 1 aliphatic rings. The van der Waals surface area contributed by atoms with E-state index in [9.17, 15) is 23.6 Å². The monoisotopic (exact) mass is 407 g/mol. The number of carbonyl (C=O) groups excluding carboxylic acids is 3. The Morgan fingerprint density at radius 2 is 1.67 bits per heavy atom. The standard InChI is InChI=1S/C21H14FN3O5/c1-30-21(29)13-7-4-11(8-15(13)22)10-2-5-12(6-3-10)25-16(26)9-14-17(18(25)23)20(28)24-19(14)27/h2-9H,23H2,1H3,(H,24,27,28). The fraction of sp³-hybridized carbons (Fsp3) is 0.0476. The van der Waals surface area contributed by atoms with E-state index in [2.05, 4.69) is 10.1 Å². The molecule has 0 bridgehead atoms. The predicted molar refractivity (Wildman–Crippen MR) is 105 cm³/mol. The first-order valence-electron chi connectivity index (χ1n) is 8.71. The van der Waals surface area contributed by atoms with Crippen LogP contribution in [0.25, 0.3) is 16.8 Å². The van der Waals surface area contributed by atoms with Gasteiger partial charge in [0.25, 0.3) is 17.4 Å². The van der Waals surface area contributed by atoms with Gasteiger partial charge in [0, 0.05) is 6.07 Å². The van der Waals surface area contributed by atoms with E-state index in [0.717, 1.165) is 10.6 Å². The highest BCUT2D eigenvalue weighted by molar-refractivity contribution is 6.23. The Morgan fingerprint density at radius 1 is 1.00 bits per heavy atom. The van der Waals surface area contributed by atoms with Crippen molar-refractivity contribution in [1.29, 1.82) is 0 Å². The zero-order chi connectivity index (χ0) is 21.6. The van der Waals surface area contributed by atoms with Crippen molar-refractivity contribution < 1.29 is 23.5 Å². The Hall–Kier alpha value is -4.27. The number of aromatic nitrogens is 1. The van der Waals surface area contributed by atoms with Crippen LogP contribution in [-0.2, 0) is 4.74 Å². The van der Waals surface area contributed by atoms with Crippen LogP contribution >= 0.6 is 0 Å². The van der Waals surface area contributed by atoms with Crippen LogP contribution in [0.4, 0.5) is 10.2 Å². The number of ether oxygens (including phenoxy) is 1. The number of pyridine rings is 1. The summed E-state index contributed by atoms with van der Waals surface area (Å²) in [6.07, 6.45) is 0. The number of esters is 1. The number of halogens is 1. The van der Waals surface area contributed by atoms with Gasteiger partial charge < -0.3 is 10.5 Å². The quantitative estimate of drug-likeness (QED) is 0.505. The molecule has 0 saturated carbocycles. The molecule has 1 aromatic heterocycles. The molecule has 9 heteroatoms. The van der Waals surface area contributed by atoms with Crippen LogP contribution in [0.3, 0.4) is 0 Å². The summed E-state index contributed by atoms with van der Waals surface area (Å²) in [5, 5.41) is 2.10. The average Bonchev–Trinajstić information content (AvgIpc) is 3.01. The normalized spacial score (nSPS) is 12.5. The number of rotatable bonds is 3. The fourth-order valence-corrected chi connectivity index (χ4v) is 3.32. The molecule has 0 spiro atoms. The van der Waals surface area contributed by atoms with Crippen molar-refractivity contribution in [3.05, 3.63) is 81.4 Å². The van der Waals surface area contributed by atoms with E-state index in [0.29, 0.717) is 16.8 Å². The second-order valence-corrected chi connectivity index (χ2v) is 6.51. The molecule has 0 fully saturated rings. The predicted octanol–water partition coefficient (Wildman–Crippen LogP) is 1.90. The molecule has 3 N–H and O–H groups in total. The smallest absolute Gasteiger partial charge is 0.340 e. The van der Waals surface area contributed by atoms with Crippen molar-refractivity contribution in [2.75, 3.05) is 12.8 Å². The third kappa shape index (κ3) is 2.93. The van der Waals surface area contributed by atoms with Crippen LogP contribution in [0.5, 0.6) is 0 Å². The lowest BCUT2D eigenvalue weighted by molar-refractivity contribution is 0.0595. The molecule has 0 saturated heterocycles. The van der Waals surface area contributed by atoms with Gasteiger partial charge in [0.15, 0.2) is 0 Å². The maximum atomic E-state index is 14.2. The van der Waals surface area contributed by atoms with Crippen LogP contribution in [-0.4, -0.2) is 29.5 Å². The summed E-state index contributed by atoms with van der Waals surface area (Å²) in [7, 11) is 1.17. The van der Waals surface area contributed by atoms with E-state index in [-0.39, 0.29) is 22.5 Å². The van der Waals surface area contributed by atoms with Crippen LogP contribution in [0.2, 0.25) is 0 Å². The first kappa shape index (κ1) is 19.1. The molecule has 3 aromatic rings. The SMILES string of the molecule is COC(=O)c1ccc(-c2ccc(-n3c(N)c4c(cc3=O)C(=O)NC4=O)cc2)cc1F. The number of hydrogen-bond donors (Lipinski definition) is 2. The van der Waals surface area contributed by atoms with Gasteiger partial charge in [-0.2, -0.15) is 0 Å². The lowest BCUT2D eigenvalue weighted by Gasteiger charge is -2.12. The molecule has 2 amide bonds. The summed E-state index contributed by atoms with van der Waals surface area (Å²) in [6, 6.07) is 11.5. The Kier molecular flexibility index (Phi) is 4.42. The van der Waals surface area contributed by atoms with Crippen LogP contribution in [0.1, 0.15) is 31.1 Å². The van der Waals surface area contributed by atoms with Gasteiger partial charge in [-0.25, -0.2) is 9.18 Å². The van der Waals surface area contributed by atoms with E-state index < -0.39 is 29.2 Å². The van der Waals surface area contributed by atoms with Gasteiger partial charge in [0.1, 0.15) is 11.6 Å². The number of hydrogen-bond acceptors (Lipinski definition) is 6. The minimum absolute atomic E-state index is 0.0517. The summed E-state index contributed by atoms with van der Waals surface area (Å²) < 4.78 is 19.8. The zero-order valence-electron chi connectivity index (χ0n) is 15.6. The van der Waals surface area contributed by atoms with Crippen molar-refractivity contribution in [3.8, 4) is 16.8 Å². The first-order valence-corrected chi connectivity index (χ1v) is 8.71. The van der Waals surface area contributed by atoms with E-state index in [1.54, 1.807) is 30.3 Å². The van der Waals surface area contributed by atoms with E-state index in [4.69, 9.17) is 5.73 Å². The van der Waals surface area contributed by atoms with Crippen LogP contribution < -0.4 is 16.6 Å². The van der Waals surface area contributed by atoms with Gasteiger partial charge in [-0.1, -0.05) is 18.2 Å². The summed E-state index contributed by atoms with van der Waals surface area (Å²) in [5.41, 5.74) is 6.63. The van der Waals surface area contributed by atoms with Crippen molar-refractivity contribution in [2.24, 2.45) is 0 Å². The molecule has 150 valence electrons. The second-order valence-electron chi connectivity index (χ2n) is 6.51. The molecule has 0 radical (unpaired) electrons. The lowest BCUT2D eigenvalue weighted by Crippen LogP contribution is -2.24. The number of methoxy groups -OCH3 is 1. The highest BCUT2D eigenvalue weighted by Gasteiger charge is 2.31. The molecule has 1 aliphatic heterocycles. The number of nitrogen functional groups attached to an aromatic ring is 1. The van der Waals surface area contributed by atoms with Crippen LogP contribution in [0, 0.1) is 5.82 Å². The zero-order valence-corrected chi connectivity index (χ0v) is 15.6. The van der Waals surface area contributed by atoms with Crippen molar-refractivity contribution in [1.82, 2.24) is 9.88 Å². The lowest BCUT2D eigenvalue weighted by atomic mass is 10.0. The van der Waals surface area contributed by atoms with E-state index in [1.807, 2.05) is 0 Å². The van der Waals surface area contributed by atoms with E-state index in [1.165, 1.54) is 19.2 Å². The third-order valence-electron chi connectivity index (χ3n) is 4.79. The molecule has 30 heavy (non-hydrogen) atoms. The number of benzene rings is 2. The molecular weight excluding hydrogens is 393 g/mol. The summed E-state index contributed by atoms with van der Waals surface area (Å²) >= 11 is 0. The number of carbonyl (C=O) groups is 3. The van der Waals surface area contributed by atoms with E-state index >= 15 is 0 Å². The summed E-state index contributed by atoms with van der Waals surface area (Å²) in [5.74, 6) is -2.98. The molecular formula is C21H14FN3O5. The molecule has 0 atom stereocenters. The minimum Gasteiger partial charge on any atom is -0.465 e. The largest absolute Gasteiger partial charge is 0.465 e. The number of nitrogens with zero attached hydrogens (tertiary/aromatic N) is 1. The molecule has 8 nitrogen and oxygen atoms in total. The number of fused-ring (bicyclic) bond motifs is 1. The van der Waals surface area contributed by atoms with Gasteiger partial charge in [-0.3, -0.25) is 24.3 Å². The number of nitrogens with two attached hydrogens (primary N) is 1. The van der Waals surface area contributed by atoms with Gasteiger partial charge in [0.2, 0.25) is 0 Å². The topological polar surface area (TPSA) is 120 Å². The Morgan fingerprint density at radius 3 is 2.30 bits per heavy atom. The van der Waals surface area contributed by atoms with Gasteiger partial charge in [0.05, 0.1) is 29.5 Å². The third-order valence-corrected chi connectivity index (χ3v) is 4.79. The number of nitrogens with one attached hydrogen (secondary N) is 1. The summed E-state index contributed by atoms with van der Waals surface area (Å²) in [4.78, 5) is 47.7. The Balaban J connectivity index is 1.74. The maximum absolute atomic E-state index is 14.2. The molecule has 2 aromatic carbocycles. The van der Waals surface area contributed by atoms with Gasteiger partial charge in [-0.15, -0.1) is 0 Å². The minimum atomic E-state index is -0.775. The number of anilines is 1. The van der Waals surface area contributed by atoms with Gasteiger partial charge in [-0.05, 0) is 35.4 Å². The van der Waals surface area contributed by atoms with Gasteiger partial charge >= 0.3 is 5.97 Å². The highest BCUT2D eigenvalue weighted by atomic mass is 19.1. The molecule has 0 aliphatic carbocycles. The summed E-state index contributed by atoms with van der Waals surface area (Å²) in [6.45, 7) is 0. The first-order chi connectivity index (χ1) is 14.3. The molecule has 0 unspecified atom stereocenters. The fourth-order valence-electron chi connectivity index (χ4n) is 3.32. The number of imide groups is 1. The Bertz CT molecular complexity index is 1300. The van der Waals surface area contributed by atoms with Crippen molar-refractivity contribution in [3.63, 3.8) is 0 Å².